The molecular formula is C32H64O12. The van der Waals surface area contributed by atoms with Crippen molar-refractivity contribution in [3.05, 3.63) is 0 Å². The second-order valence-electron chi connectivity index (χ2n) is 11.0. The van der Waals surface area contributed by atoms with Gasteiger partial charge in [0.1, 0.15) is 0 Å². The fourth-order valence-corrected chi connectivity index (χ4v) is 3.66. The zero-order valence-corrected chi connectivity index (χ0v) is 27.7. The van der Waals surface area contributed by atoms with Gasteiger partial charge in [0.25, 0.3) is 0 Å². The lowest BCUT2D eigenvalue weighted by molar-refractivity contribution is -0.140. The highest BCUT2D eigenvalue weighted by atomic mass is 16.4. The van der Waals surface area contributed by atoms with Gasteiger partial charge in [-0.1, -0.05) is 105 Å². The van der Waals surface area contributed by atoms with Gasteiger partial charge < -0.3 is 40.9 Å². The molecule has 0 aromatic heterocycles. The number of hydrogen-bond acceptors (Lipinski definition) is 8. The Bertz CT molecular complexity index is 672. The van der Waals surface area contributed by atoms with Gasteiger partial charge in [-0.3, -0.25) is 19.2 Å². The normalized spacial score (nSPS) is 12.9. The molecule has 4 unspecified atom stereocenters. The van der Waals surface area contributed by atoms with Gasteiger partial charge in [-0.05, 0) is 25.7 Å². The molecule has 0 aliphatic rings. The van der Waals surface area contributed by atoms with Crippen molar-refractivity contribution in [1.82, 2.24) is 0 Å². The Hall–Kier alpha value is -2.28. The average Bonchev–Trinajstić information content (AvgIpc) is 2.91. The lowest BCUT2D eigenvalue weighted by Gasteiger charge is -2.06. The van der Waals surface area contributed by atoms with Gasteiger partial charge in [0.2, 0.25) is 0 Å². The molecule has 0 rings (SSSR count). The van der Waals surface area contributed by atoms with Crippen LogP contribution in [-0.2, 0) is 19.2 Å². The van der Waals surface area contributed by atoms with E-state index < -0.39 is 48.3 Å². The summed E-state index contributed by atoms with van der Waals surface area (Å²) in [6.45, 7) is 8.05. The first kappa shape index (κ1) is 48.6. The lowest BCUT2D eigenvalue weighted by Crippen LogP contribution is -2.12. The number of aliphatic hydroxyl groups is 4. The van der Waals surface area contributed by atoms with Crippen LogP contribution in [0.5, 0.6) is 0 Å². The summed E-state index contributed by atoms with van der Waals surface area (Å²) in [5.41, 5.74) is 0. The first-order chi connectivity index (χ1) is 20.7. The number of rotatable bonds is 24. The number of carboxylic acid groups (broad SMARTS) is 4. The maximum absolute atomic E-state index is 10.2. The Kier molecular flexibility index (Phi) is 40.8. The minimum Gasteiger partial charge on any atom is -0.481 e. The van der Waals surface area contributed by atoms with Gasteiger partial charge in [0.05, 0.1) is 50.1 Å². The third kappa shape index (κ3) is 52.4. The van der Waals surface area contributed by atoms with Crippen molar-refractivity contribution < 1.29 is 60.0 Å². The summed E-state index contributed by atoms with van der Waals surface area (Å²) in [5, 5.41) is 69.0. The molecule has 8 N–H and O–H groups in total. The monoisotopic (exact) mass is 640 g/mol. The van der Waals surface area contributed by atoms with Gasteiger partial charge in [-0.25, -0.2) is 0 Å². The molecule has 12 nitrogen and oxygen atoms in total. The van der Waals surface area contributed by atoms with E-state index >= 15 is 0 Å². The van der Waals surface area contributed by atoms with E-state index in [1.165, 1.54) is 32.1 Å². The van der Waals surface area contributed by atoms with Gasteiger partial charge in [0.15, 0.2) is 0 Å². The molecule has 0 aromatic carbocycles. The number of aliphatic carboxylic acids is 4. The minimum atomic E-state index is -0.945. The van der Waals surface area contributed by atoms with Crippen LogP contribution in [0, 0.1) is 0 Å². The van der Waals surface area contributed by atoms with Crippen molar-refractivity contribution in [2.75, 3.05) is 0 Å². The van der Waals surface area contributed by atoms with Crippen LogP contribution in [0.25, 0.3) is 0 Å². The summed E-state index contributed by atoms with van der Waals surface area (Å²) < 4.78 is 0. The summed E-state index contributed by atoms with van der Waals surface area (Å²) in [7, 11) is 0. The molecule has 4 atom stereocenters. The molecular weight excluding hydrogens is 576 g/mol. The van der Waals surface area contributed by atoms with Crippen molar-refractivity contribution in [2.24, 2.45) is 0 Å². The van der Waals surface area contributed by atoms with Crippen LogP contribution in [0.3, 0.4) is 0 Å². The molecule has 0 aromatic rings. The number of aliphatic hydroxyl groups excluding tert-OH is 4. The van der Waals surface area contributed by atoms with Crippen molar-refractivity contribution in [2.45, 2.75) is 181 Å². The topological polar surface area (TPSA) is 230 Å². The van der Waals surface area contributed by atoms with E-state index in [4.69, 9.17) is 35.7 Å². The first-order valence-electron chi connectivity index (χ1n) is 16.3. The quantitative estimate of drug-likeness (QED) is 0.0602. The Morgan fingerprint density at radius 2 is 0.636 bits per heavy atom. The number of hydrogen-bond donors (Lipinski definition) is 8. The summed E-state index contributed by atoms with van der Waals surface area (Å²) in [6, 6.07) is 0. The van der Waals surface area contributed by atoms with Crippen LogP contribution >= 0.6 is 0 Å². The standard InChI is InChI=1S/C11H22O3.C9H18O3.C7H14O3.C5H10O3/c1-2-3-4-5-6-7-8-10(12)9-11(13)14;1-2-3-4-5-6-8(10)7-9(11)12;1-2-3-4-6(8)5-7(9)10;1-2-4(6)3-5(7)8/h10,12H,2-9H2,1H3,(H,13,14);8,10H,2-7H2,1H3,(H,11,12);6,8H,2-5H2,1H3,(H,9,10);4,6H,2-3H2,1H3,(H,7,8). The molecule has 12 heteroatoms. The summed E-state index contributed by atoms with van der Waals surface area (Å²) in [6.07, 6.45) is 12.5. The minimum absolute atomic E-state index is 0.116. The van der Waals surface area contributed by atoms with E-state index in [9.17, 15) is 24.3 Å². The predicted octanol–water partition coefficient (Wildman–Crippen LogP) is 5.61. The van der Waals surface area contributed by atoms with Crippen molar-refractivity contribution in [3.63, 3.8) is 0 Å². The molecule has 44 heavy (non-hydrogen) atoms. The fraction of sp³-hybridized carbons (Fsp3) is 0.875. The maximum Gasteiger partial charge on any atom is 0.305 e. The molecule has 0 aliphatic heterocycles. The van der Waals surface area contributed by atoms with Crippen LogP contribution in [0.15, 0.2) is 0 Å². The van der Waals surface area contributed by atoms with Crippen LogP contribution in [0.4, 0.5) is 0 Å². The average molecular weight is 641 g/mol. The molecule has 0 saturated carbocycles. The van der Waals surface area contributed by atoms with Gasteiger partial charge in [-0.15, -0.1) is 0 Å². The van der Waals surface area contributed by atoms with Crippen LogP contribution in [-0.4, -0.2) is 89.1 Å². The third-order valence-electron chi connectivity index (χ3n) is 6.28. The highest BCUT2D eigenvalue weighted by molar-refractivity contribution is 5.68. The molecule has 0 radical (unpaired) electrons. The van der Waals surface area contributed by atoms with Crippen molar-refractivity contribution in [3.8, 4) is 0 Å². The zero-order valence-electron chi connectivity index (χ0n) is 27.7. The van der Waals surface area contributed by atoms with Gasteiger partial charge in [-0.2, -0.15) is 0 Å². The van der Waals surface area contributed by atoms with Gasteiger partial charge in [0, 0.05) is 0 Å². The van der Waals surface area contributed by atoms with Crippen LogP contribution in [0.1, 0.15) is 156 Å². The molecule has 0 bridgehead atoms. The smallest absolute Gasteiger partial charge is 0.305 e. The summed E-state index contributed by atoms with van der Waals surface area (Å²) in [4.78, 5) is 40.2. The Labute approximate surface area is 264 Å². The number of carbonyl (C=O) groups is 4. The molecule has 0 aliphatic carbocycles. The molecule has 0 heterocycles. The van der Waals surface area contributed by atoms with Crippen molar-refractivity contribution >= 4 is 23.9 Å². The summed E-state index contributed by atoms with van der Waals surface area (Å²) in [5.74, 6) is -3.70. The molecule has 0 amide bonds. The second kappa shape index (κ2) is 36.9. The van der Waals surface area contributed by atoms with E-state index in [1.54, 1.807) is 6.92 Å². The van der Waals surface area contributed by atoms with Crippen molar-refractivity contribution in [1.29, 1.82) is 0 Å². The van der Waals surface area contributed by atoms with E-state index in [1.807, 2.05) is 6.92 Å². The molecule has 0 spiro atoms. The highest BCUT2D eigenvalue weighted by Gasteiger charge is 2.09. The first-order valence-corrected chi connectivity index (χ1v) is 16.3. The van der Waals surface area contributed by atoms with E-state index in [2.05, 4.69) is 13.8 Å². The molecule has 0 saturated heterocycles. The van der Waals surface area contributed by atoms with Gasteiger partial charge >= 0.3 is 23.9 Å². The van der Waals surface area contributed by atoms with Crippen LogP contribution < -0.4 is 0 Å². The lowest BCUT2D eigenvalue weighted by atomic mass is 10.1. The van der Waals surface area contributed by atoms with E-state index in [0.29, 0.717) is 25.7 Å². The second-order valence-corrected chi connectivity index (χ2v) is 11.0. The number of unbranched alkanes of at least 4 members (excludes halogenated alkanes) is 9. The SMILES string of the molecule is CCC(O)CC(=O)O.CCCCC(O)CC(=O)O.CCCCCCC(O)CC(=O)O.CCCCCCCCC(O)CC(=O)O. The fourth-order valence-electron chi connectivity index (χ4n) is 3.66. The van der Waals surface area contributed by atoms with Crippen LogP contribution in [0.2, 0.25) is 0 Å². The Balaban J connectivity index is -0.000000247. The summed E-state index contributed by atoms with van der Waals surface area (Å²) >= 11 is 0. The Morgan fingerprint density at radius 3 is 0.909 bits per heavy atom. The largest absolute Gasteiger partial charge is 0.481 e. The zero-order chi connectivity index (χ0) is 34.8. The third-order valence-corrected chi connectivity index (χ3v) is 6.28. The molecule has 0 fully saturated rings. The predicted molar refractivity (Wildman–Crippen MR) is 170 cm³/mol. The maximum atomic E-state index is 10.2. The van der Waals surface area contributed by atoms with E-state index in [-0.39, 0.29) is 25.7 Å². The number of carboxylic acids is 4. The van der Waals surface area contributed by atoms with E-state index in [0.717, 1.165) is 44.9 Å². The molecule has 264 valence electrons. The Morgan fingerprint density at radius 1 is 0.386 bits per heavy atom. The highest BCUT2D eigenvalue weighted by Crippen LogP contribution is 2.10.